The highest BCUT2D eigenvalue weighted by Gasteiger charge is 2.18. The molecule has 0 saturated carbocycles. The maximum absolute atomic E-state index is 5.44. The first kappa shape index (κ1) is 11.2. The van der Waals surface area contributed by atoms with Crippen LogP contribution < -0.4 is 0 Å². The second-order valence-corrected chi connectivity index (χ2v) is 5.08. The van der Waals surface area contributed by atoms with Crippen molar-refractivity contribution >= 4 is 47.4 Å². The van der Waals surface area contributed by atoms with Crippen molar-refractivity contribution in [2.45, 2.75) is 22.6 Å². The molecule has 10 heavy (non-hydrogen) atoms. The summed E-state index contributed by atoms with van der Waals surface area (Å²) in [5.41, 5.74) is -0.104. The topological polar surface area (TPSA) is 9.23 Å². The van der Waals surface area contributed by atoms with Crippen molar-refractivity contribution in [1.29, 1.82) is 0 Å². The molecule has 0 N–H and O–H groups in total. The highest BCUT2D eigenvalue weighted by Crippen LogP contribution is 2.29. The van der Waals surface area contributed by atoms with Gasteiger partial charge in [0.05, 0.1) is 12.0 Å². The molecule has 0 aromatic rings. The molecule has 0 aromatic carbocycles. The van der Waals surface area contributed by atoms with Crippen LogP contribution in [0.5, 0.6) is 0 Å². The van der Waals surface area contributed by atoms with Gasteiger partial charge in [0.15, 0.2) is 3.79 Å². The summed E-state index contributed by atoms with van der Waals surface area (Å²) in [7, 11) is 0. The monoisotopic (exact) mass is 222 g/mol. The van der Waals surface area contributed by atoms with Crippen LogP contribution >= 0.6 is 47.4 Å². The van der Waals surface area contributed by atoms with Crippen molar-refractivity contribution in [1.82, 2.24) is 0 Å². The van der Waals surface area contributed by atoms with Crippen molar-refractivity contribution in [3.8, 4) is 0 Å². The van der Waals surface area contributed by atoms with E-state index in [2.05, 4.69) is 12.6 Å². The van der Waals surface area contributed by atoms with Crippen LogP contribution in [0.15, 0.2) is 0 Å². The van der Waals surface area contributed by atoms with E-state index in [1.807, 2.05) is 6.92 Å². The zero-order chi connectivity index (χ0) is 8.20. The van der Waals surface area contributed by atoms with Crippen LogP contribution in [-0.2, 0) is 4.74 Å². The number of hydrogen-bond acceptors (Lipinski definition) is 2. The number of thiol groups is 1. The van der Waals surface area contributed by atoms with Crippen LogP contribution in [0.25, 0.3) is 0 Å². The molecule has 1 nitrogen and oxygen atoms in total. The van der Waals surface area contributed by atoms with Crippen LogP contribution in [0.4, 0.5) is 0 Å². The fraction of sp³-hybridized carbons (Fsp3) is 1.00. The number of ether oxygens (including phenoxy) is 1. The van der Waals surface area contributed by atoms with Gasteiger partial charge in [0.2, 0.25) is 0 Å². The normalized spacial score (nSPS) is 15.3. The summed E-state index contributed by atoms with van der Waals surface area (Å²) in [5, 5.41) is 0. The Morgan fingerprint density at radius 1 is 1.50 bits per heavy atom. The molecule has 0 heterocycles. The molecule has 5 heteroatoms. The lowest BCUT2D eigenvalue weighted by Gasteiger charge is -2.11. The zero-order valence-electron chi connectivity index (χ0n) is 5.48. The van der Waals surface area contributed by atoms with Crippen LogP contribution in [0.3, 0.4) is 0 Å². The van der Waals surface area contributed by atoms with Crippen molar-refractivity contribution in [3.05, 3.63) is 0 Å². The summed E-state index contributed by atoms with van der Waals surface area (Å²) in [4.78, 5) is 0. The SMILES string of the molecule is CC(S)OCCC(Cl)(Cl)Cl. The Kier molecular flexibility index (Phi) is 5.52. The maximum atomic E-state index is 5.44. The van der Waals surface area contributed by atoms with E-state index in [4.69, 9.17) is 39.5 Å². The lowest BCUT2D eigenvalue weighted by atomic mass is 10.5. The van der Waals surface area contributed by atoms with E-state index in [-0.39, 0.29) is 5.44 Å². The molecular weight excluding hydrogens is 214 g/mol. The van der Waals surface area contributed by atoms with Gasteiger partial charge in [-0.2, -0.15) is 0 Å². The first-order valence-electron chi connectivity index (χ1n) is 2.78. The highest BCUT2D eigenvalue weighted by atomic mass is 35.6. The molecule has 0 rings (SSSR count). The lowest BCUT2D eigenvalue weighted by Crippen LogP contribution is -2.10. The molecule has 0 saturated heterocycles. The van der Waals surface area contributed by atoms with E-state index < -0.39 is 3.79 Å². The van der Waals surface area contributed by atoms with Crippen molar-refractivity contribution in [2.75, 3.05) is 6.61 Å². The minimum absolute atomic E-state index is 0.104. The Bertz CT molecular complexity index is 91.4. The van der Waals surface area contributed by atoms with Gasteiger partial charge in [0, 0.05) is 6.42 Å². The van der Waals surface area contributed by atoms with Gasteiger partial charge in [-0.1, -0.05) is 34.8 Å². The Morgan fingerprint density at radius 3 is 2.30 bits per heavy atom. The third kappa shape index (κ3) is 9.18. The van der Waals surface area contributed by atoms with E-state index in [0.717, 1.165) is 0 Å². The van der Waals surface area contributed by atoms with Crippen molar-refractivity contribution in [2.24, 2.45) is 0 Å². The fourth-order valence-electron chi connectivity index (χ4n) is 0.345. The molecule has 0 aliphatic rings. The van der Waals surface area contributed by atoms with Crippen molar-refractivity contribution in [3.63, 3.8) is 0 Å². The number of halogens is 3. The smallest absolute Gasteiger partial charge is 0.192 e. The van der Waals surface area contributed by atoms with Crippen LogP contribution in [0.1, 0.15) is 13.3 Å². The van der Waals surface area contributed by atoms with Gasteiger partial charge < -0.3 is 4.74 Å². The third-order valence-electron chi connectivity index (χ3n) is 0.745. The minimum Gasteiger partial charge on any atom is -0.368 e. The molecule has 62 valence electrons. The summed E-state index contributed by atoms with van der Waals surface area (Å²) < 4.78 is 3.82. The van der Waals surface area contributed by atoms with E-state index in [9.17, 15) is 0 Å². The second-order valence-electron chi connectivity index (χ2n) is 1.84. The molecule has 0 bridgehead atoms. The van der Waals surface area contributed by atoms with E-state index in [0.29, 0.717) is 13.0 Å². The van der Waals surface area contributed by atoms with Crippen molar-refractivity contribution < 1.29 is 4.74 Å². The van der Waals surface area contributed by atoms with Crippen LogP contribution in [0, 0.1) is 0 Å². The van der Waals surface area contributed by atoms with Gasteiger partial charge in [-0.15, -0.1) is 12.6 Å². The summed E-state index contributed by atoms with van der Waals surface area (Å²) in [6.45, 7) is 2.22. The van der Waals surface area contributed by atoms with Gasteiger partial charge >= 0.3 is 0 Å². The van der Waals surface area contributed by atoms with Gasteiger partial charge in [0.1, 0.15) is 0 Å². The standard InChI is InChI=1S/C5H9Cl3OS/c1-4(10)9-3-2-5(6,7)8/h4,10H,2-3H2,1H3. The summed E-state index contributed by atoms with van der Waals surface area (Å²) in [5.74, 6) is 0. The molecule has 0 radical (unpaired) electrons. The molecule has 0 aromatic heterocycles. The number of alkyl halides is 3. The van der Waals surface area contributed by atoms with Gasteiger partial charge in [-0.25, -0.2) is 0 Å². The average Bonchev–Trinajstić information content (AvgIpc) is 1.59. The second kappa shape index (κ2) is 4.94. The Balaban J connectivity index is 3.21. The first-order chi connectivity index (χ1) is 4.42. The fourth-order valence-corrected chi connectivity index (χ4v) is 0.682. The Morgan fingerprint density at radius 2 is 2.00 bits per heavy atom. The Labute approximate surface area is 81.4 Å². The highest BCUT2D eigenvalue weighted by molar-refractivity contribution is 7.80. The third-order valence-corrected chi connectivity index (χ3v) is 1.46. The maximum Gasteiger partial charge on any atom is 0.192 e. The van der Waals surface area contributed by atoms with E-state index >= 15 is 0 Å². The lowest BCUT2D eigenvalue weighted by molar-refractivity contribution is 0.124. The predicted molar refractivity (Wildman–Crippen MR) is 49.3 cm³/mol. The molecule has 0 spiro atoms. The van der Waals surface area contributed by atoms with Gasteiger partial charge in [0.25, 0.3) is 0 Å². The number of rotatable bonds is 3. The molecule has 0 aliphatic heterocycles. The molecule has 1 unspecified atom stereocenters. The van der Waals surface area contributed by atoms with Gasteiger partial charge in [-0.05, 0) is 6.92 Å². The minimum atomic E-state index is -1.21. The molecule has 0 fully saturated rings. The molecular formula is C5H9Cl3OS. The predicted octanol–water partition coefficient (Wildman–Crippen LogP) is 3.04. The molecule has 1 atom stereocenters. The van der Waals surface area contributed by atoms with E-state index in [1.165, 1.54) is 0 Å². The quantitative estimate of drug-likeness (QED) is 0.440. The average molecular weight is 224 g/mol. The van der Waals surface area contributed by atoms with E-state index in [1.54, 1.807) is 0 Å². The molecule has 0 aliphatic carbocycles. The number of hydrogen-bond donors (Lipinski definition) is 1. The van der Waals surface area contributed by atoms with Gasteiger partial charge in [-0.3, -0.25) is 0 Å². The summed E-state index contributed by atoms with van der Waals surface area (Å²) >= 11 is 20.3. The van der Waals surface area contributed by atoms with Crippen LogP contribution in [0.2, 0.25) is 0 Å². The largest absolute Gasteiger partial charge is 0.368 e. The first-order valence-corrected chi connectivity index (χ1v) is 4.43. The zero-order valence-corrected chi connectivity index (χ0v) is 8.64. The summed E-state index contributed by atoms with van der Waals surface area (Å²) in [6.07, 6.45) is 0.391. The Hall–Kier alpha value is 1.18. The van der Waals surface area contributed by atoms with Crippen LogP contribution in [-0.4, -0.2) is 15.8 Å². The summed E-state index contributed by atoms with van der Waals surface area (Å²) in [6, 6.07) is 0. The molecule has 0 amide bonds.